The fourth-order valence-electron chi connectivity index (χ4n) is 2.72. The Bertz CT molecular complexity index is 444. The number of benzene rings is 1. The molecule has 4 nitrogen and oxygen atoms in total. The summed E-state index contributed by atoms with van der Waals surface area (Å²) in [6, 6.07) is 8.40. The number of aryl methyl sites for hydroxylation is 1. The summed E-state index contributed by atoms with van der Waals surface area (Å²) in [7, 11) is 1.67. The SMILES string of the molecule is COc1ccc(CCC(C)N2CC(CN)CC2=O)cc1. The van der Waals surface area contributed by atoms with Crippen LogP contribution < -0.4 is 10.5 Å². The van der Waals surface area contributed by atoms with E-state index in [9.17, 15) is 4.79 Å². The van der Waals surface area contributed by atoms with E-state index >= 15 is 0 Å². The van der Waals surface area contributed by atoms with Crippen molar-refractivity contribution in [1.29, 1.82) is 0 Å². The monoisotopic (exact) mass is 276 g/mol. The summed E-state index contributed by atoms with van der Waals surface area (Å²) in [5.74, 6) is 1.47. The van der Waals surface area contributed by atoms with Gasteiger partial charge in [-0.05, 0) is 49.9 Å². The minimum Gasteiger partial charge on any atom is -0.497 e. The molecule has 0 bridgehead atoms. The van der Waals surface area contributed by atoms with Crippen molar-refractivity contribution in [2.24, 2.45) is 11.7 Å². The van der Waals surface area contributed by atoms with Crippen LogP contribution >= 0.6 is 0 Å². The molecule has 1 aliphatic heterocycles. The second-order valence-corrected chi connectivity index (χ2v) is 5.59. The van der Waals surface area contributed by atoms with E-state index in [1.54, 1.807) is 7.11 Å². The normalized spacial score (nSPS) is 20.2. The zero-order valence-electron chi connectivity index (χ0n) is 12.3. The Morgan fingerprint density at radius 1 is 1.40 bits per heavy atom. The standard InChI is InChI=1S/C16H24N2O2/c1-12(18-11-14(10-17)9-16(18)19)3-4-13-5-7-15(20-2)8-6-13/h5-8,12,14H,3-4,9-11,17H2,1-2H3. The predicted molar refractivity (Wildman–Crippen MR) is 79.7 cm³/mol. The maximum Gasteiger partial charge on any atom is 0.223 e. The molecule has 2 rings (SSSR count). The number of rotatable bonds is 6. The lowest BCUT2D eigenvalue weighted by Gasteiger charge is -2.24. The van der Waals surface area contributed by atoms with Crippen molar-refractivity contribution in [2.45, 2.75) is 32.2 Å². The molecule has 1 aromatic carbocycles. The molecule has 2 unspecified atom stereocenters. The van der Waals surface area contributed by atoms with Crippen LogP contribution in [0.15, 0.2) is 24.3 Å². The Labute approximate surface area is 120 Å². The second kappa shape index (κ2) is 6.75. The van der Waals surface area contributed by atoms with Crippen LogP contribution in [-0.4, -0.2) is 37.0 Å². The van der Waals surface area contributed by atoms with Gasteiger partial charge in [-0.15, -0.1) is 0 Å². The number of hydrogen-bond donors (Lipinski definition) is 1. The molecule has 1 saturated heterocycles. The molecule has 0 radical (unpaired) electrons. The number of methoxy groups -OCH3 is 1. The van der Waals surface area contributed by atoms with E-state index in [2.05, 4.69) is 19.1 Å². The first-order chi connectivity index (χ1) is 9.63. The molecule has 1 heterocycles. The highest BCUT2D eigenvalue weighted by atomic mass is 16.5. The van der Waals surface area contributed by atoms with Gasteiger partial charge in [0.2, 0.25) is 5.91 Å². The van der Waals surface area contributed by atoms with Gasteiger partial charge in [0.05, 0.1) is 7.11 Å². The van der Waals surface area contributed by atoms with Gasteiger partial charge in [0.1, 0.15) is 5.75 Å². The van der Waals surface area contributed by atoms with Crippen molar-refractivity contribution >= 4 is 5.91 Å². The Balaban J connectivity index is 1.85. The van der Waals surface area contributed by atoms with Crippen LogP contribution in [0.5, 0.6) is 5.75 Å². The number of ether oxygens (including phenoxy) is 1. The van der Waals surface area contributed by atoms with Gasteiger partial charge in [-0.25, -0.2) is 0 Å². The molecule has 20 heavy (non-hydrogen) atoms. The van der Waals surface area contributed by atoms with E-state index in [0.29, 0.717) is 18.9 Å². The van der Waals surface area contributed by atoms with Gasteiger partial charge in [0.15, 0.2) is 0 Å². The average Bonchev–Trinajstić information content (AvgIpc) is 2.86. The van der Waals surface area contributed by atoms with Crippen molar-refractivity contribution in [3.05, 3.63) is 29.8 Å². The molecule has 2 N–H and O–H groups in total. The van der Waals surface area contributed by atoms with Crippen LogP contribution in [0.3, 0.4) is 0 Å². The summed E-state index contributed by atoms with van der Waals surface area (Å²) in [5.41, 5.74) is 6.94. The van der Waals surface area contributed by atoms with Gasteiger partial charge in [0, 0.05) is 19.0 Å². The van der Waals surface area contributed by atoms with Crippen LogP contribution in [-0.2, 0) is 11.2 Å². The number of nitrogens with two attached hydrogens (primary N) is 1. The largest absolute Gasteiger partial charge is 0.497 e. The summed E-state index contributed by atoms with van der Waals surface area (Å²) in [6.07, 6.45) is 2.57. The number of carbonyl (C=O) groups is 1. The summed E-state index contributed by atoms with van der Waals surface area (Å²) < 4.78 is 5.15. The third-order valence-corrected chi connectivity index (χ3v) is 4.11. The lowest BCUT2D eigenvalue weighted by atomic mass is 10.1. The molecule has 1 aliphatic rings. The first-order valence-electron chi connectivity index (χ1n) is 7.26. The molecule has 0 spiro atoms. The molecule has 4 heteroatoms. The van der Waals surface area contributed by atoms with Gasteiger partial charge in [0.25, 0.3) is 0 Å². The quantitative estimate of drug-likeness (QED) is 0.862. The maximum absolute atomic E-state index is 11.9. The van der Waals surface area contributed by atoms with E-state index < -0.39 is 0 Å². The number of likely N-dealkylation sites (tertiary alicyclic amines) is 1. The second-order valence-electron chi connectivity index (χ2n) is 5.59. The van der Waals surface area contributed by atoms with Gasteiger partial charge in [-0.3, -0.25) is 4.79 Å². The zero-order chi connectivity index (χ0) is 14.5. The lowest BCUT2D eigenvalue weighted by Crippen LogP contribution is -2.35. The van der Waals surface area contributed by atoms with E-state index in [0.717, 1.165) is 25.1 Å². The Morgan fingerprint density at radius 2 is 2.10 bits per heavy atom. The van der Waals surface area contributed by atoms with Crippen molar-refractivity contribution in [2.75, 3.05) is 20.2 Å². The minimum atomic E-state index is 0.252. The molecular formula is C16H24N2O2. The number of amides is 1. The fraction of sp³-hybridized carbons (Fsp3) is 0.562. The van der Waals surface area contributed by atoms with Crippen molar-refractivity contribution in [1.82, 2.24) is 4.90 Å². The Hall–Kier alpha value is -1.55. The molecule has 1 amide bonds. The minimum absolute atomic E-state index is 0.252. The molecule has 110 valence electrons. The van der Waals surface area contributed by atoms with Gasteiger partial charge in [-0.1, -0.05) is 12.1 Å². The number of nitrogens with zero attached hydrogens (tertiary/aromatic N) is 1. The maximum atomic E-state index is 11.9. The molecule has 1 fully saturated rings. The lowest BCUT2D eigenvalue weighted by molar-refractivity contribution is -0.129. The first kappa shape index (κ1) is 14.9. The highest BCUT2D eigenvalue weighted by molar-refractivity contribution is 5.79. The zero-order valence-corrected chi connectivity index (χ0v) is 12.3. The van der Waals surface area contributed by atoms with E-state index in [1.807, 2.05) is 17.0 Å². The van der Waals surface area contributed by atoms with Crippen molar-refractivity contribution in [3.63, 3.8) is 0 Å². The van der Waals surface area contributed by atoms with Gasteiger partial charge in [-0.2, -0.15) is 0 Å². The Kier molecular flexibility index (Phi) is 5.01. The fourth-order valence-corrected chi connectivity index (χ4v) is 2.72. The molecular weight excluding hydrogens is 252 g/mol. The van der Waals surface area contributed by atoms with Gasteiger partial charge < -0.3 is 15.4 Å². The highest BCUT2D eigenvalue weighted by Crippen LogP contribution is 2.22. The smallest absolute Gasteiger partial charge is 0.223 e. The molecule has 1 aromatic rings. The third kappa shape index (κ3) is 3.51. The van der Waals surface area contributed by atoms with E-state index in [-0.39, 0.29) is 11.9 Å². The van der Waals surface area contributed by atoms with Crippen molar-refractivity contribution in [3.8, 4) is 5.75 Å². The van der Waals surface area contributed by atoms with Crippen LogP contribution in [0.1, 0.15) is 25.3 Å². The summed E-state index contributed by atoms with van der Waals surface area (Å²) in [5, 5.41) is 0. The first-order valence-corrected chi connectivity index (χ1v) is 7.26. The van der Waals surface area contributed by atoms with E-state index in [1.165, 1.54) is 5.56 Å². The van der Waals surface area contributed by atoms with Crippen LogP contribution in [0, 0.1) is 5.92 Å². The molecule has 0 aromatic heterocycles. The topological polar surface area (TPSA) is 55.6 Å². The van der Waals surface area contributed by atoms with Gasteiger partial charge >= 0.3 is 0 Å². The summed E-state index contributed by atoms with van der Waals surface area (Å²) in [4.78, 5) is 13.9. The summed E-state index contributed by atoms with van der Waals surface area (Å²) in [6.45, 7) is 3.55. The molecule has 2 atom stereocenters. The third-order valence-electron chi connectivity index (χ3n) is 4.11. The number of hydrogen-bond acceptors (Lipinski definition) is 3. The van der Waals surface area contributed by atoms with Crippen molar-refractivity contribution < 1.29 is 9.53 Å². The van der Waals surface area contributed by atoms with E-state index in [4.69, 9.17) is 10.5 Å². The Morgan fingerprint density at radius 3 is 2.65 bits per heavy atom. The highest BCUT2D eigenvalue weighted by Gasteiger charge is 2.31. The number of carbonyl (C=O) groups excluding carboxylic acids is 1. The molecule has 0 aliphatic carbocycles. The van der Waals surface area contributed by atoms with Crippen LogP contribution in [0.25, 0.3) is 0 Å². The van der Waals surface area contributed by atoms with Crippen LogP contribution in [0.4, 0.5) is 0 Å². The average molecular weight is 276 g/mol. The predicted octanol–water partition coefficient (Wildman–Crippen LogP) is 1.82. The molecule has 0 saturated carbocycles. The summed E-state index contributed by atoms with van der Waals surface area (Å²) >= 11 is 0. The van der Waals surface area contributed by atoms with Crippen LogP contribution in [0.2, 0.25) is 0 Å².